The number of hydrogen-bond donors (Lipinski definition) is 2. The molecule has 8 heteroatoms. The van der Waals surface area contributed by atoms with Crippen LogP contribution in [-0.4, -0.2) is 44.4 Å². The number of rotatable bonds is 30. The Balaban J connectivity index is 0. The Labute approximate surface area is 259 Å². The van der Waals surface area contributed by atoms with E-state index in [4.69, 9.17) is 0 Å². The summed E-state index contributed by atoms with van der Waals surface area (Å²) in [6.07, 6.45) is 26.6. The zero-order valence-corrected chi connectivity index (χ0v) is 28.2. The van der Waals surface area contributed by atoms with Gasteiger partial charge in [-0.3, -0.25) is 20.2 Å². The van der Waals surface area contributed by atoms with Crippen molar-refractivity contribution in [3.8, 4) is 0 Å². The molecular formula is C34H70N2O6. The van der Waals surface area contributed by atoms with Crippen LogP contribution in [0.25, 0.3) is 0 Å². The number of hydrogen-bond acceptors (Lipinski definition) is 6. The Hall–Kier alpha value is -1.28. The van der Waals surface area contributed by atoms with Crippen molar-refractivity contribution in [1.29, 1.82) is 0 Å². The van der Waals surface area contributed by atoms with E-state index >= 15 is 0 Å². The number of unbranched alkanes of at least 4 members (excludes halogenated alkanes) is 18. The van der Waals surface area contributed by atoms with Gasteiger partial charge in [-0.25, -0.2) is 0 Å². The maximum atomic E-state index is 11.5. The molecule has 2 atom stereocenters. The van der Waals surface area contributed by atoms with Crippen molar-refractivity contribution >= 4 is 0 Å². The molecule has 0 saturated heterocycles. The zero-order chi connectivity index (χ0) is 32.0. The van der Waals surface area contributed by atoms with Crippen LogP contribution in [-0.2, 0) is 0 Å². The molecule has 0 aromatic carbocycles. The van der Waals surface area contributed by atoms with Crippen molar-refractivity contribution in [3.63, 3.8) is 0 Å². The molecule has 0 aromatic rings. The highest BCUT2D eigenvalue weighted by molar-refractivity contribution is 4.79. The Morgan fingerprint density at radius 2 is 0.595 bits per heavy atom. The highest BCUT2D eigenvalue weighted by Gasteiger charge is 2.41. The molecule has 0 heterocycles. The average molecular weight is 603 g/mol. The smallest absolute Gasteiger partial charge is 0.244 e. The van der Waals surface area contributed by atoms with Crippen LogP contribution in [0.5, 0.6) is 0 Å². The molecule has 2 N–H and O–H groups in total. The molecule has 0 aliphatic carbocycles. The van der Waals surface area contributed by atoms with Crippen LogP contribution in [0.1, 0.15) is 195 Å². The van der Waals surface area contributed by atoms with Gasteiger partial charge in [0, 0.05) is 35.5 Å². The van der Waals surface area contributed by atoms with E-state index in [9.17, 15) is 30.4 Å². The first-order chi connectivity index (χ1) is 20.3. The van der Waals surface area contributed by atoms with Gasteiger partial charge in [-0.2, -0.15) is 0 Å². The molecule has 252 valence electrons. The highest BCUT2D eigenvalue weighted by Crippen LogP contribution is 2.27. The number of aliphatic hydroxyl groups excluding tert-OH is 2. The average Bonchev–Trinajstić information content (AvgIpc) is 2.98. The summed E-state index contributed by atoms with van der Waals surface area (Å²) in [6.45, 7) is 8.01. The van der Waals surface area contributed by atoms with Crippen LogP contribution in [0.4, 0.5) is 0 Å². The van der Waals surface area contributed by atoms with Crippen molar-refractivity contribution < 1.29 is 20.1 Å². The van der Waals surface area contributed by atoms with Gasteiger partial charge in [0.25, 0.3) is 0 Å². The van der Waals surface area contributed by atoms with Crippen molar-refractivity contribution in [2.75, 3.05) is 13.2 Å². The molecule has 0 amide bonds. The fourth-order valence-corrected chi connectivity index (χ4v) is 5.63. The largest absolute Gasteiger partial charge is 0.389 e. The third-order valence-corrected chi connectivity index (χ3v) is 8.85. The highest BCUT2D eigenvalue weighted by atomic mass is 16.6. The second kappa shape index (κ2) is 29.8. The molecule has 42 heavy (non-hydrogen) atoms. The monoisotopic (exact) mass is 603 g/mol. The lowest BCUT2D eigenvalue weighted by Crippen LogP contribution is -2.42. The summed E-state index contributed by atoms with van der Waals surface area (Å²) in [5.41, 5.74) is -2.17. The summed E-state index contributed by atoms with van der Waals surface area (Å²) < 4.78 is 0. The topological polar surface area (TPSA) is 127 Å². The fraction of sp³-hybridized carbons (Fsp3) is 1.00. The maximum absolute atomic E-state index is 11.5. The number of nitro groups is 2. The quantitative estimate of drug-likeness (QED) is 0.0478. The van der Waals surface area contributed by atoms with Crippen molar-refractivity contribution in [2.45, 2.75) is 206 Å². The van der Waals surface area contributed by atoms with Gasteiger partial charge in [0.15, 0.2) is 0 Å². The second-order valence-corrected chi connectivity index (χ2v) is 12.6. The minimum absolute atomic E-state index is 0.214. The summed E-state index contributed by atoms with van der Waals surface area (Å²) in [6, 6.07) is 0. The third-order valence-electron chi connectivity index (χ3n) is 8.85. The van der Waals surface area contributed by atoms with Gasteiger partial charge in [-0.1, -0.05) is 143 Å². The molecule has 0 saturated carbocycles. The molecule has 2 unspecified atom stereocenters. The Morgan fingerprint density at radius 1 is 0.405 bits per heavy atom. The molecule has 0 fully saturated rings. The van der Waals surface area contributed by atoms with Gasteiger partial charge in [0.2, 0.25) is 11.1 Å². The van der Waals surface area contributed by atoms with E-state index < -0.39 is 11.1 Å². The van der Waals surface area contributed by atoms with E-state index in [1.165, 1.54) is 70.6 Å². The molecule has 0 radical (unpaired) electrons. The molecular weight excluding hydrogens is 532 g/mol. The number of aliphatic hydroxyl groups is 2. The van der Waals surface area contributed by atoms with E-state index in [1.54, 1.807) is 0 Å². The van der Waals surface area contributed by atoms with Gasteiger partial charge in [-0.05, 0) is 25.7 Å². The summed E-state index contributed by atoms with van der Waals surface area (Å²) in [5.74, 6) is 0. The molecule has 0 aliphatic heterocycles. The summed E-state index contributed by atoms with van der Waals surface area (Å²) in [5, 5.41) is 41.8. The number of nitrogens with zero attached hydrogens (tertiary/aromatic N) is 2. The zero-order valence-electron chi connectivity index (χ0n) is 28.2. The normalized spacial score (nSPS) is 14.0. The predicted octanol–water partition coefficient (Wildman–Crippen LogP) is 10.2. The summed E-state index contributed by atoms with van der Waals surface area (Å²) >= 11 is 0. The van der Waals surface area contributed by atoms with Gasteiger partial charge in [0.1, 0.15) is 13.2 Å². The van der Waals surface area contributed by atoms with E-state index in [0.29, 0.717) is 25.7 Å². The first-order valence-electron chi connectivity index (χ1n) is 17.8. The summed E-state index contributed by atoms with van der Waals surface area (Å²) in [7, 11) is 0. The first kappa shape index (κ1) is 42.9. The van der Waals surface area contributed by atoms with Gasteiger partial charge in [0.05, 0.1) is 0 Å². The van der Waals surface area contributed by atoms with E-state index in [2.05, 4.69) is 27.7 Å². The third kappa shape index (κ3) is 21.4. The Kier molecular flexibility index (Phi) is 30.4. The molecule has 0 spiro atoms. The second-order valence-electron chi connectivity index (χ2n) is 12.6. The molecule has 0 rings (SSSR count). The van der Waals surface area contributed by atoms with Gasteiger partial charge >= 0.3 is 0 Å². The van der Waals surface area contributed by atoms with Gasteiger partial charge in [-0.15, -0.1) is 0 Å². The fourth-order valence-electron chi connectivity index (χ4n) is 5.63. The predicted molar refractivity (Wildman–Crippen MR) is 176 cm³/mol. The lowest BCUT2D eigenvalue weighted by Gasteiger charge is -2.23. The standard InChI is InChI=1S/C19H39NO3.C15H31NO3/c1-3-5-7-9-10-11-13-15-17-19(18-21,20(22)23)16-14-12-8-6-4-2;1-3-5-7-8-9-11-13-15(14-17,16(18)19)12-10-6-4-2/h21H,3-18H2,1-2H3;17H,3-14H2,1-2H3. The maximum Gasteiger partial charge on any atom is 0.244 e. The van der Waals surface area contributed by atoms with Crippen LogP contribution in [0.3, 0.4) is 0 Å². The van der Waals surface area contributed by atoms with E-state index in [0.717, 1.165) is 70.6 Å². The van der Waals surface area contributed by atoms with Crippen LogP contribution >= 0.6 is 0 Å². The molecule has 0 aromatic heterocycles. The minimum Gasteiger partial charge on any atom is -0.389 e. The Bertz CT molecular complexity index is 621. The lowest BCUT2D eigenvalue weighted by atomic mass is 9.87. The van der Waals surface area contributed by atoms with Crippen molar-refractivity contribution in [3.05, 3.63) is 20.2 Å². The SMILES string of the molecule is CCCCCCCCC(CO)(CCCCC)[N+](=O)[O-].CCCCCCCCCCC(CO)(CCCCCCC)[N+](=O)[O-]. The molecule has 8 nitrogen and oxygen atoms in total. The molecule has 0 bridgehead atoms. The van der Waals surface area contributed by atoms with Crippen LogP contribution < -0.4 is 0 Å². The summed E-state index contributed by atoms with van der Waals surface area (Å²) in [4.78, 5) is 22.3. The van der Waals surface area contributed by atoms with Crippen LogP contribution in [0, 0.1) is 20.2 Å². The van der Waals surface area contributed by atoms with Gasteiger partial charge < -0.3 is 10.2 Å². The molecule has 0 aliphatic rings. The minimum atomic E-state index is -1.09. The Morgan fingerprint density at radius 3 is 0.810 bits per heavy atom. The van der Waals surface area contributed by atoms with E-state index in [1.807, 2.05) is 0 Å². The van der Waals surface area contributed by atoms with Crippen LogP contribution in [0.2, 0.25) is 0 Å². The van der Waals surface area contributed by atoms with Crippen molar-refractivity contribution in [2.24, 2.45) is 0 Å². The van der Waals surface area contributed by atoms with E-state index in [-0.39, 0.29) is 23.1 Å². The van der Waals surface area contributed by atoms with Crippen molar-refractivity contribution in [1.82, 2.24) is 0 Å². The van der Waals surface area contributed by atoms with Crippen LogP contribution in [0.15, 0.2) is 0 Å². The lowest BCUT2D eigenvalue weighted by molar-refractivity contribution is -0.576. The first-order valence-corrected chi connectivity index (χ1v) is 17.8.